The first-order valence-corrected chi connectivity index (χ1v) is 7.71. The Morgan fingerprint density at radius 1 is 1.45 bits per heavy atom. The highest BCUT2D eigenvalue weighted by Crippen LogP contribution is 2.20. The van der Waals surface area contributed by atoms with E-state index in [9.17, 15) is 13.2 Å². The van der Waals surface area contributed by atoms with Crippen molar-refractivity contribution in [3.05, 3.63) is 28.8 Å². The lowest BCUT2D eigenvalue weighted by atomic mass is 10.2. The first kappa shape index (κ1) is 16.8. The predicted molar refractivity (Wildman–Crippen MR) is 81.2 cm³/mol. The maximum atomic E-state index is 12.0. The molecule has 0 bridgehead atoms. The molecule has 0 fully saturated rings. The highest BCUT2D eigenvalue weighted by atomic mass is 35.5. The van der Waals surface area contributed by atoms with Gasteiger partial charge in [-0.2, -0.15) is 0 Å². The molecule has 0 aliphatic heterocycles. The summed E-state index contributed by atoms with van der Waals surface area (Å²) in [5.74, 6) is -0.362. The molecule has 1 aromatic carbocycles. The summed E-state index contributed by atoms with van der Waals surface area (Å²) >= 11 is 10.7. The van der Waals surface area contributed by atoms with Gasteiger partial charge in [0.05, 0.1) is 16.5 Å². The monoisotopic (exact) mass is 335 g/mol. The van der Waals surface area contributed by atoms with E-state index >= 15 is 0 Å². The van der Waals surface area contributed by atoms with Gasteiger partial charge in [0, 0.05) is 19.7 Å². The number of rotatable bonds is 5. The second kappa shape index (κ2) is 6.49. The molecule has 0 saturated heterocycles. The Balaban J connectivity index is 2.96. The molecule has 110 valence electrons. The second-order valence-electron chi connectivity index (χ2n) is 4.12. The van der Waals surface area contributed by atoms with Gasteiger partial charge in [0.15, 0.2) is 0 Å². The lowest BCUT2D eigenvalue weighted by Crippen LogP contribution is -2.36. The molecule has 1 aromatic rings. The Bertz CT molecular complexity index is 644. The molecule has 9 heteroatoms. The maximum Gasteiger partial charge on any atom is 0.241 e. The summed E-state index contributed by atoms with van der Waals surface area (Å²) in [4.78, 5) is 12.7. The number of carbonyl (C=O) groups is 1. The minimum Gasteiger partial charge on any atom is -0.389 e. The minimum absolute atomic E-state index is 0.0611. The van der Waals surface area contributed by atoms with Gasteiger partial charge in [0.2, 0.25) is 15.9 Å². The lowest BCUT2D eigenvalue weighted by molar-refractivity contribution is -0.127. The number of sulfonamides is 1. The fourth-order valence-corrected chi connectivity index (χ4v) is 2.84. The molecule has 0 spiro atoms. The van der Waals surface area contributed by atoms with E-state index in [2.05, 4.69) is 4.72 Å². The standard InChI is InChI=1S/C11H14ClN3O3S2/c1-15(2)10(16)6-14-20(17,18)7-3-4-8(11(13)19)9(12)5-7/h3-5,14H,6H2,1-2H3,(H2,13,19). The van der Waals surface area contributed by atoms with E-state index < -0.39 is 10.0 Å². The van der Waals surface area contributed by atoms with E-state index in [1.807, 2.05) is 0 Å². The van der Waals surface area contributed by atoms with Crippen LogP contribution in [0.25, 0.3) is 0 Å². The first-order valence-electron chi connectivity index (χ1n) is 5.44. The van der Waals surface area contributed by atoms with Gasteiger partial charge < -0.3 is 10.6 Å². The van der Waals surface area contributed by atoms with E-state index in [1.165, 1.54) is 37.2 Å². The van der Waals surface area contributed by atoms with Crippen molar-refractivity contribution in [3.63, 3.8) is 0 Å². The highest BCUT2D eigenvalue weighted by Gasteiger charge is 2.18. The van der Waals surface area contributed by atoms with Crippen LogP contribution >= 0.6 is 23.8 Å². The van der Waals surface area contributed by atoms with Crippen LogP contribution in [0.15, 0.2) is 23.1 Å². The fraction of sp³-hybridized carbons (Fsp3) is 0.273. The van der Waals surface area contributed by atoms with Gasteiger partial charge in [-0.15, -0.1) is 0 Å². The van der Waals surface area contributed by atoms with Crippen molar-refractivity contribution in [2.24, 2.45) is 5.73 Å². The molecule has 6 nitrogen and oxygen atoms in total. The van der Waals surface area contributed by atoms with Crippen LogP contribution in [-0.4, -0.2) is 44.9 Å². The summed E-state index contributed by atoms with van der Waals surface area (Å²) in [6.07, 6.45) is 0. The number of halogens is 1. The number of nitrogens with one attached hydrogen (secondary N) is 1. The SMILES string of the molecule is CN(C)C(=O)CNS(=O)(=O)c1ccc(C(N)=S)c(Cl)c1. The van der Waals surface area contributed by atoms with E-state index in [0.29, 0.717) is 5.56 Å². The van der Waals surface area contributed by atoms with Gasteiger partial charge in [-0.25, -0.2) is 13.1 Å². The summed E-state index contributed by atoms with van der Waals surface area (Å²) < 4.78 is 26.2. The van der Waals surface area contributed by atoms with Crippen LogP contribution < -0.4 is 10.5 Å². The van der Waals surface area contributed by atoms with E-state index in [4.69, 9.17) is 29.6 Å². The van der Waals surface area contributed by atoms with Crippen molar-refractivity contribution in [2.45, 2.75) is 4.90 Å². The molecule has 20 heavy (non-hydrogen) atoms. The van der Waals surface area contributed by atoms with Gasteiger partial charge >= 0.3 is 0 Å². The molecular formula is C11H14ClN3O3S2. The Morgan fingerprint density at radius 3 is 2.50 bits per heavy atom. The zero-order valence-electron chi connectivity index (χ0n) is 10.9. The van der Waals surface area contributed by atoms with Crippen LogP contribution in [0.3, 0.4) is 0 Å². The molecule has 0 radical (unpaired) electrons. The topological polar surface area (TPSA) is 92.5 Å². The number of amides is 1. The fourth-order valence-electron chi connectivity index (χ4n) is 1.26. The number of hydrogen-bond donors (Lipinski definition) is 2. The van der Waals surface area contributed by atoms with Crippen LogP contribution in [0.5, 0.6) is 0 Å². The third-order valence-electron chi connectivity index (χ3n) is 2.43. The number of hydrogen-bond acceptors (Lipinski definition) is 4. The van der Waals surface area contributed by atoms with Crippen LogP contribution in [0.2, 0.25) is 5.02 Å². The average Bonchev–Trinajstić information content (AvgIpc) is 2.35. The van der Waals surface area contributed by atoms with Gasteiger partial charge in [0.1, 0.15) is 4.99 Å². The number of benzene rings is 1. The third kappa shape index (κ3) is 4.14. The summed E-state index contributed by atoms with van der Waals surface area (Å²) in [5.41, 5.74) is 5.83. The Morgan fingerprint density at radius 2 is 2.05 bits per heavy atom. The molecule has 0 heterocycles. The van der Waals surface area contributed by atoms with E-state index in [1.54, 1.807) is 0 Å². The molecule has 1 amide bonds. The maximum absolute atomic E-state index is 12.0. The lowest BCUT2D eigenvalue weighted by Gasteiger charge is -2.12. The molecule has 0 atom stereocenters. The van der Waals surface area contributed by atoms with Crippen molar-refractivity contribution in [2.75, 3.05) is 20.6 Å². The van der Waals surface area contributed by atoms with Crippen LogP contribution in [0.4, 0.5) is 0 Å². The largest absolute Gasteiger partial charge is 0.389 e. The highest BCUT2D eigenvalue weighted by molar-refractivity contribution is 7.89. The molecule has 0 saturated carbocycles. The summed E-state index contributed by atoms with van der Waals surface area (Å²) in [7, 11) is -0.755. The Hall–Kier alpha value is -1.22. The van der Waals surface area contributed by atoms with Gasteiger partial charge in [-0.1, -0.05) is 23.8 Å². The Labute approximate surface area is 127 Å². The summed E-state index contributed by atoms with van der Waals surface area (Å²) in [6.45, 7) is -0.329. The quantitative estimate of drug-likeness (QED) is 0.757. The minimum atomic E-state index is -3.82. The van der Waals surface area contributed by atoms with Crippen LogP contribution in [-0.2, 0) is 14.8 Å². The number of thiocarbonyl (C=S) groups is 1. The van der Waals surface area contributed by atoms with Crippen LogP contribution in [0.1, 0.15) is 5.56 Å². The number of nitrogens with two attached hydrogens (primary N) is 1. The van der Waals surface area contributed by atoms with Crippen molar-refractivity contribution >= 4 is 44.7 Å². The predicted octanol–water partition coefficient (Wildman–Crippen LogP) is 0.341. The third-order valence-corrected chi connectivity index (χ3v) is 4.36. The van der Waals surface area contributed by atoms with Crippen molar-refractivity contribution in [1.29, 1.82) is 0 Å². The molecule has 0 aromatic heterocycles. The van der Waals surface area contributed by atoms with E-state index in [-0.39, 0.29) is 27.4 Å². The normalized spacial score (nSPS) is 11.2. The Kier molecular flexibility index (Phi) is 5.46. The molecule has 0 aliphatic carbocycles. The first-order chi connectivity index (χ1) is 9.15. The second-order valence-corrected chi connectivity index (χ2v) is 6.73. The number of carbonyl (C=O) groups excluding carboxylic acids is 1. The van der Waals surface area contributed by atoms with Crippen molar-refractivity contribution < 1.29 is 13.2 Å². The molecule has 0 unspecified atom stereocenters. The molecule has 3 N–H and O–H groups in total. The summed E-state index contributed by atoms with van der Waals surface area (Å²) in [6, 6.07) is 3.98. The van der Waals surface area contributed by atoms with E-state index in [0.717, 1.165) is 0 Å². The number of nitrogens with zero attached hydrogens (tertiary/aromatic N) is 1. The van der Waals surface area contributed by atoms with Gasteiger partial charge in [-0.05, 0) is 18.2 Å². The zero-order chi connectivity index (χ0) is 15.5. The van der Waals surface area contributed by atoms with Gasteiger partial charge in [0.25, 0.3) is 0 Å². The van der Waals surface area contributed by atoms with Crippen molar-refractivity contribution in [3.8, 4) is 0 Å². The average molecular weight is 336 g/mol. The molecule has 1 rings (SSSR count). The molecule has 0 aliphatic rings. The number of likely N-dealkylation sites (N-methyl/N-ethyl adjacent to an activating group) is 1. The zero-order valence-corrected chi connectivity index (χ0v) is 13.3. The summed E-state index contributed by atoms with van der Waals surface area (Å²) in [5, 5.41) is 0.138. The van der Waals surface area contributed by atoms with Gasteiger partial charge in [-0.3, -0.25) is 4.79 Å². The smallest absolute Gasteiger partial charge is 0.241 e. The molecular weight excluding hydrogens is 322 g/mol. The van der Waals surface area contributed by atoms with Crippen LogP contribution in [0, 0.1) is 0 Å². The van der Waals surface area contributed by atoms with Crippen molar-refractivity contribution in [1.82, 2.24) is 9.62 Å².